The van der Waals surface area contributed by atoms with Crippen LogP contribution in [0.1, 0.15) is 79.1 Å². The fraction of sp³-hybridized carbons (Fsp3) is 0.895. The zero-order valence-corrected chi connectivity index (χ0v) is 15.2. The van der Waals surface area contributed by atoms with Gasteiger partial charge in [-0.25, -0.2) is 0 Å². The molecule has 0 radical (unpaired) electrons. The number of aliphatic carboxylic acids is 1. The van der Waals surface area contributed by atoms with Gasteiger partial charge in [-0.15, -0.1) is 0 Å². The van der Waals surface area contributed by atoms with E-state index in [0.29, 0.717) is 24.7 Å². The second-order valence-electron chi connectivity index (χ2n) is 7.80. The molecule has 0 aromatic heterocycles. The van der Waals surface area contributed by atoms with Crippen LogP contribution >= 0.6 is 0 Å². The molecule has 23 heavy (non-hydrogen) atoms. The molecule has 0 aliphatic heterocycles. The zero-order chi connectivity index (χ0) is 17.4. The van der Waals surface area contributed by atoms with Gasteiger partial charge in [-0.3, -0.25) is 9.59 Å². The number of carbonyl (C=O) groups is 2. The van der Waals surface area contributed by atoms with E-state index >= 15 is 0 Å². The Kier molecular flexibility index (Phi) is 8.64. The van der Waals surface area contributed by atoms with E-state index in [9.17, 15) is 9.59 Å². The number of unbranched alkanes of at least 4 members (excludes halogenated alkanes) is 1. The van der Waals surface area contributed by atoms with Crippen LogP contribution in [0.5, 0.6) is 0 Å². The second kappa shape index (κ2) is 9.94. The molecule has 134 valence electrons. The third-order valence-corrected chi connectivity index (χ3v) is 4.89. The Balaban J connectivity index is 2.45. The first-order chi connectivity index (χ1) is 10.8. The number of hydrogen-bond acceptors (Lipinski definition) is 3. The first-order valence-corrected chi connectivity index (χ1v) is 9.24. The number of carbonyl (C=O) groups excluding carboxylic acids is 1. The number of esters is 1. The first-order valence-electron chi connectivity index (χ1n) is 9.24. The molecule has 0 bridgehead atoms. The molecule has 1 fully saturated rings. The highest BCUT2D eigenvalue weighted by Crippen LogP contribution is 2.31. The molecule has 1 saturated carbocycles. The normalized spacial score (nSPS) is 23.0. The van der Waals surface area contributed by atoms with Crippen molar-refractivity contribution >= 4 is 11.9 Å². The molecule has 0 heterocycles. The number of rotatable bonds is 9. The highest BCUT2D eigenvalue weighted by Gasteiger charge is 2.33. The summed E-state index contributed by atoms with van der Waals surface area (Å²) in [5, 5.41) is 9.14. The van der Waals surface area contributed by atoms with E-state index in [1.54, 1.807) is 0 Å². The molecule has 4 heteroatoms. The Morgan fingerprint density at radius 3 is 2.22 bits per heavy atom. The molecule has 0 amide bonds. The topological polar surface area (TPSA) is 63.6 Å². The van der Waals surface area contributed by atoms with Gasteiger partial charge in [0.05, 0.1) is 11.8 Å². The first kappa shape index (κ1) is 20.0. The Morgan fingerprint density at radius 2 is 1.65 bits per heavy atom. The lowest BCUT2D eigenvalue weighted by Gasteiger charge is -2.28. The highest BCUT2D eigenvalue weighted by atomic mass is 16.5. The van der Waals surface area contributed by atoms with E-state index in [2.05, 4.69) is 27.7 Å². The summed E-state index contributed by atoms with van der Waals surface area (Å²) in [7, 11) is 0. The van der Waals surface area contributed by atoms with Gasteiger partial charge in [-0.1, -0.05) is 47.0 Å². The average Bonchev–Trinajstić information content (AvgIpc) is 2.49. The molecule has 0 aromatic carbocycles. The minimum atomic E-state index is -0.781. The number of carboxylic acid groups (broad SMARTS) is 1. The maximum Gasteiger partial charge on any atom is 0.309 e. The van der Waals surface area contributed by atoms with Crippen LogP contribution in [0.25, 0.3) is 0 Å². The summed E-state index contributed by atoms with van der Waals surface area (Å²) < 4.78 is 5.75. The van der Waals surface area contributed by atoms with Gasteiger partial charge in [0.15, 0.2) is 0 Å². The Labute approximate surface area is 141 Å². The van der Waals surface area contributed by atoms with Gasteiger partial charge in [0.2, 0.25) is 0 Å². The maximum atomic E-state index is 12.4. The Bertz CT molecular complexity index is 376. The van der Waals surface area contributed by atoms with Crippen LogP contribution in [0.4, 0.5) is 0 Å². The lowest BCUT2D eigenvalue weighted by molar-refractivity contribution is -0.159. The molecule has 0 saturated heterocycles. The maximum absolute atomic E-state index is 12.4. The van der Waals surface area contributed by atoms with Crippen LogP contribution in [0, 0.1) is 23.7 Å². The lowest BCUT2D eigenvalue weighted by atomic mass is 9.81. The third-order valence-electron chi connectivity index (χ3n) is 4.89. The van der Waals surface area contributed by atoms with Crippen molar-refractivity contribution in [2.45, 2.75) is 85.2 Å². The summed E-state index contributed by atoms with van der Waals surface area (Å²) in [6.07, 6.45) is 7.01. The predicted octanol–water partition coefficient (Wildman–Crippen LogP) is 4.66. The zero-order valence-electron chi connectivity index (χ0n) is 15.2. The van der Waals surface area contributed by atoms with Crippen molar-refractivity contribution in [1.82, 2.24) is 0 Å². The van der Waals surface area contributed by atoms with Crippen molar-refractivity contribution in [3.05, 3.63) is 0 Å². The van der Waals surface area contributed by atoms with Gasteiger partial charge in [0.25, 0.3) is 0 Å². The Hall–Kier alpha value is -1.06. The summed E-state index contributed by atoms with van der Waals surface area (Å²) in [5.41, 5.74) is 0. The van der Waals surface area contributed by atoms with Crippen molar-refractivity contribution in [3.8, 4) is 0 Å². The molecule has 4 nitrogen and oxygen atoms in total. The molecule has 1 aliphatic rings. The van der Waals surface area contributed by atoms with Crippen molar-refractivity contribution in [2.24, 2.45) is 23.7 Å². The fourth-order valence-corrected chi connectivity index (χ4v) is 3.30. The van der Waals surface area contributed by atoms with E-state index in [0.717, 1.165) is 25.7 Å². The van der Waals surface area contributed by atoms with Crippen molar-refractivity contribution in [2.75, 3.05) is 0 Å². The van der Waals surface area contributed by atoms with Crippen LogP contribution < -0.4 is 0 Å². The standard InChI is InChI=1S/C19H34O4/c1-13(2)8-5-6-11-17(14(3)4)23-19(22)16-10-7-9-15(12-16)18(20)21/h13-17H,5-12H2,1-4H3,(H,20,21). The predicted molar refractivity (Wildman–Crippen MR) is 91.1 cm³/mol. The molecular formula is C19H34O4. The van der Waals surface area contributed by atoms with E-state index in [-0.39, 0.29) is 23.9 Å². The number of carboxylic acids is 1. The number of ether oxygens (including phenoxy) is 1. The summed E-state index contributed by atoms with van der Waals surface area (Å²) in [6.45, 7) is 8.62. The average molecular weight is 326 g/mol. The summed E-state index contributed by atoms with van der Waals surface area (Å²) in [5.74, 6) is -0.566. The largest absolute Gasteiger partial charge is 0.481 e. The van der Waals surface area contributed by atoms with Gasteiger partial charge < -0.3 is 9.84 Å². The van der Waals surface area contributed by atoms with E-state index in [1.165, 1.54) is 12.8 Å². The molecule has 3 unspecified atom stereocenters. The number of hydrogen-bond donors (Lipinski definition) is 1. The third kappa shape index (κ3) is 7.36. The Morgan fingerprint density at radius 1 is 1.04 bits per heavy atom. The van der Waals surface area contributed by atoms with Crippen molar-refractivity contribution < 1.29 is 19.4 Å². The molecule has 1 rings (SSSR count). The van der Waals surface area contributed by atoms with Crippen LogP contribution in [-0.2, 0) is 14.3 Å². The molecule has 1 N–H and O–H groups in total. The highest BCUT2D eigenvalue weighted by molar-refractivity contribution is 5.75. The molecule has 3 atom stereocenters. The summed E-state index contributed by atoms with van der Waals surface area (Å²) >= 11 is 0. The molecule has 0 aromatic rings. The quantitative estimate of drug-likeness (QED) is 0.494. The summed E-state index contributed by atoms with van der Waals surface area (Å²) in [4.78, 5) is 23.5. The van der Waals surface area contributed by atoms with Crippen LogP contribution in [0.15, 0.2) is 0 Å². The van der Waals surface area contributed by atoms with Gasteiger partial charge in [-0.05, 0) is 43.9 Å². The van der Waals surface area contributed by atoms with E-state index in [1.807, 2.05) is 0 Å². The van der Waals surface area contributed by atoms with Crippen LogP contribution in [0.2, 0.25) is 0 Å². The van der Waals surface area contributed by atoms with E-state index in [4.69, 9.17) is 9.84 Å². The molecule has 0 spiro atoms. The van der Waals surface area contributed by atoms with Gasteiger partial charge in [0.1, 0.15) is 6.10 Å². The molecule has 1 aliphatic carbocycles. The van der Waals surface area contributed by atoms with Gasteiger partial charge in [-0.2, -0.15) is 0 Å². The van der Waals surface area contributed by atoms with Crippen LogP contribution in [0.3, 0.4) is 0 Å². The second-order valence-corrected chi connectivity index (χ2v) is 7.80. The van der Waals surface area contributed by atoms with Crippen molar-refractivity contribution in [3.63, 3.8) is 0 Å². The minimum Gasteiger partial charge on any atom is -0.481 e. The SMILES string of the molecule is CC(C)CCCCC(OC(=O)C1CCCC(C(=O)O)C1)C(C)C. The van der Waals surface area contributed by atoms with Crippen molar-refractivity contribution in [1.29, 1.82) is 0 Å². The summed E-state index contributed by atoms with van der Waals surface area (Å²) in [6, 6.07) is 0. The van der Waals surface area contributed by atoms with Gasteiger partial charge >= 0.3 is 11.9 Å². The monoisotopic (exact) mass is 326 g/mol. The fourth-order valence-electron chi connectivity index (χ4n) is 3.30. The minimum absolute atomic E-state index is 0.0418. The molecular weight excluding hydrogens is 292 g/mol. The van der Waals surface area contributed by atoms with Gasteiger partial charge in [0, 0.05) is 0 Å². The van der Waals surface area contributed by atoms with Crippen LogP contribution in [-0.4, -0.2) is 23.1 Å². The van der Waals surface area contributed by atoms with E-state index < -0.39 is 5.97 Å². The smallest absolute Gasteiger partial charge is 0.309 e. The lowest BCUT2D eigenvalue weighted by Crippen LogP contribution is -2.32.